The minimum absolute atomic E-state index is 0.0892. The summed E-state index contributed by atoms with van der Waals surface area (Å²) in [5, 5.41) is 7.57. The first kappa shape index (κ1) is 11.9. The highest BCUT2D eigenvalue weighted by atomic mass is 15.2. The molecule has 0 aliphatic heterocycles. The van der Waals surface area contributed by atoms with Crippen molar-refractivity contribution in [1.82, 2.24) is 4.98 Å². The van der Waals surface area contributed by atoms with Crippen molar-refractivity contribution < 1.29 is 0 Å². The third-order valence-corrected chi connectivity index (χ3v) is 3.45. The Morgan fingerprint density at radius 2 is 2.24 bits per heavy atom. The van der Waals surface area contributed by atoms with E-state index in [4.69, 9.17) is 11.1 Å². The Bertz CT molecular complexity index is 396. The van der Waals surface area contributed by atoms with Gasteiger partial charge in [-0.15, -0.1) is 0 Å². The number of hydrogen-bond donors (Lipinski definition) is 2. The van der Waals surface area contributed by atoms with Gasteiger partial charge in [0.1, 0.15) is 11.7 Å². The van der Waals surface area contributed by atoms with Crippen molar-refractivity contribution >= 4 is 11.7 Å². The lowest BCUT2D eigenvalue weighted by Gasteiger charge is -2.23. The van der Waals surface area contributed by atoms with Crippen molar-refractivity contribution in [3.63, 3.8) is 0 Å². The van der Waals surface area contributed by atoms with Gasteiger partial charge in [-0.05, 0) is 30.9 Å². The molecule has 1 fully saturated rings. The number of pyridine rings is 1. The zero-order chi connectivity index (χ0) is 12.3. The van der Waals surface area contributed by atoms with Crippen molar-refractivity contribution in [2.24, 2.45) is 11.7 Å². The number of aromatic nitrogens is 1. The van der Waals surface area contributed by atoms with Gasteiger partial charge in [0, 0.05) is 19.8 Å². The van der Waals surface area contributed by atoms with Gasteiger partial charge < -0.3 is 10.6 Å². The van der Waals surface area contributed by atoms with Gasteiger partial charge in [-0.3, -0.25) is 5.41 Å². The molecule has 1 aromatic heterocycles. The molecule has 2 rings (SSSR count). The smallest absolute Gasteiger partial charge is 0.139 e. The molecule has 0 amide bonds. The molecule has 17 heavy (non-hydrogen) atoms. The summed E-state index contributed by atoms with van der Waals surface area (Å²) in [7, 11) is 2.03. The van der Waals surface area contributed by atoms with Crippen molar-refractivity contribution in [2.45, 2.75) is 25.7 Å². The molecule has 0 atom stereocenters. The third kappa shape index (κ3) is 2.75. The minimum atomic E-state index is 0.0892. The van der Waals surface area contributed by atoms with E-state index in [1.54, 1.807) is 6.20 Å². The number of anilines is 1. The molecule has 0 spiro atoms. The Hall–Kier alpha value is -1.58. The average molecular weight is 232 g/mol. The standard InChI is InChI=1S/C13H20N4/c1-17(9-10-5-2-3-6-10)13-11(12(14)15)7-4-8-16-13/h4,7-8,10H,2-3,5-6,9H2,1H3,(H3,14,15). The quantitative estimate of drug-likeness (QED) is 0.616. The first-order valence-corrected chi connectivity index (χ1v) is 6.19. The summed E-state index contributed by atoms with van der Waals surface area (Å²) in [4.78, 5) is 6.48. The molecule has 1 saturated carbocycles. The molecule has 3 N–H and O–H groups in total. The van der Waals surface area contributed by atoms with Gasteiger partial charge in [0.2, 0.25) is 0 Å². The predicted octanol–water partition coefficient (Wildman–Crippen LogP) is 1.99. The molecule has 0 bridgehead atoms. The van der Waals surface area contributed by atoms with Crippen LogP contribution in [-0.2, 0) is 0 Å². The van der Waals surface area contributed by atoms with Gasteiger partial charge >= 0.3 is 0 Å². The largest absolute Gasteiger partial charge is 0.384 e. The van der Waals surface area contributed by atoms with E-state index in [0.29, 0.717) is 0 Å². The average Bonchev–Trinajstić information content (AvgIpc) is 2.81. The lowest BCUT2D eigenvalue weighted by Crippen LogP contribution is -2.27. The number of nitrogens with one attached hydrogen (secondary N) is 1. The number of nitrogen functional groups attached to an aromatic ring is 1. The van der Waals surface area contributed by atoms with Crippen molar-refractivity contribution in [3.8, 4) is 0 Å². The maximum Gasteiger partial charge on any atom is 0.139 e. The van der Waals surface area contributed by atoms with E-state index < -0.39 is 0 Å². The minimum Gasteiger partial charge on any atom is -0.384 e. The van der Waals surface area contributed by atoms with Crippen LogP contribution in [0.5, 0.6) is 0 Å². The van der Waals surface area contributed by atoms with Crippen LogP contribution >= 0.6 is 0 Å². The van der Waals surface area contributed by atoms with E-state index in [1.807, 2.05) is 19.2 Å². The molecule has 0 saturated heterocycles. The first-order chi connectivity index (χ1) is 8.18. The molecule has 0 radical (unpaired) electrons. The van der Waals surface area contributed by atoms with Crippen LogP contribution in [0.2, 0.25) is 0 Å². The highest BCUT2D eigenvalue weighted by Gasteiger charge is 2.19. The molecule has 1 aromatic rings. The number of amidine groups is 1. The molecular formula is C13H20N4. The van der Waals surface area contributed by atoms with E-state index >= 15 is 0 Å². The Kier molecular flexibility index (Phi) is 3.61. The Balaban J connectivity index is 2.12. The number of rotatable bonds is 4. The summed E-state index contributed by atoms with van der Waals surface area (Å²) in [6.07, 6.45) is 7.08. The second-order valence-electron chi connectivity index (χ2n) is 4.82. The molecule has 92 valence electrons. The van der Waals surface area contributed by atoms with E-state index in [9.17, 15) is 0 Å². The number of hydrogen-bond acceptors (Lipinski definition) is 3. The first-order valence-electron chi connectivity index (χ1n) is 6.19. The van der Waals surface area contributed by atoms with Crippen molar-refractivity contribution in [1.29, 1.82) is 5.41 Å². The van der Waals surface area contributed by atoms with Gasteiger partial charge in [-0.2, -0.15) is 0 Å². The summed E-state index contributed by atoms with van der Waals surface area (Å²) in [6.45, 7) is 1.01. The molecule has 0 unspecified atom stereocenters. The van der Waals surface area contributed by atoms with E-state index in [-0.39, 0.29) is 5.84 Å². The molecule has 1 heterocycles. The van der Waals surface area contributed by atoms with Crippen LogP contribution in [0.25, 0.3) is 0 Å². The topological polar surface area (TPSA) is 66.0 Å². The summed E-state index contributed by atoms with van der Waals surface area (Å²) >= 11 is 0. The second-order valence-corrected chi connectivity index (χ2v) is 4.82. The van der Waals surface area contributed by atoms with Crippen LogP contribution in [0.15, 0.2) is 18.3 Å². The normalized spacial score (nSPS) is 16.1. The van der Waals surface area contributed by atoms with Crippen LogP contribution in [0.3, 0.4) is 0 Å². The maximum absolute atomic E-state index is 7.57. The van der Waals surface area contributed by atoms with Crippen molar-refractivity contribution in [2.75, 3.05) is 18.5 Å². The van der Waals surface area contributed by atoms with Crippen LogP contribution < -0.4 is 10.6 Å². The zero-order valence-electron chi connectivity index (χ0n) is 10.3. The van der Waals surface area contributed by atoms with Crippen LogP contribution in [0.1, 0.15) is 31.2 Å². The summed E-state index contributed by atoms with van der Waals surface area (Å²) < 4.78 is 0. The maximum atomic E-state index is 7.57. The number of nitrogens with zero attached hydrogens (tertiary/aromatic N) is 2. The fraction of sp³-hybridized carbons (Fsp3) is 0.538. The van der Waals surface area contributed by atoms with Crippen LogP contribution in [0, 0.1) is 11.3 Å². The zero-order valence-corrected chi connectivity index (χ0v) is 10.3. The summed E-state index contributed by atoms with van der Waals surface area (Å²) in [5.74, 6) is 1.68. The van der Waals surface area contributed by atoms with Gasteiger partial charge in [-0.25, -0.2) is 4.98 Å². The summed E-state index contributed by atoms with van der Waals surface area (Å²) in [5.41, 5.74) is 6.31. The monoisotopic (exact) mass is 232 g/mol. The second kappa shape index (κ2) is 5.17. The van der Waals surface area contributed by atoms with Gasteiger partial charge in [0.25, 0.3) is 0 Å². The molecular weight excluding hydrogens is 212 g/mol. The molecule has 0 aromatic carbocycles. The lowest BCUT2D eigenvalue weighted by atomic mass is 10.1. The highest BCUT2D eigenvalue weighted by Crippen LogP contribution is 2.27. The molecule has 4 nitrogen and oxygen atoms in total. The number of nitrogens with two attached hydrogens (primary N) is 1. The predicted molar refractivity (Wildman–Crippen MR) is 70.5 cm³/mol. The van der Waals surface area contributed by atoms with Crippen LogP contribution in [0.4, 0.5) is 5.82 Å². The van der Waals surface area contributed by atoms with E-state index in [1.165, 1.54) is 25.7 Å². The lowest BCUT2D eigenvalue weighted by molar-refractivity contribution is 0.545. The van der Waals surface area contributed by atoms with E-state index in [0.717, 1.165) is 23.8 Å². The van der Waals surface area contributed by atoms with Gasteiger partial charge in [0.15, 0.2) is 0 Å². The van der Waals surface area contributed by atoms with Gasteiger partial charge in [0.05, 0.1) is 5.56 Å². The molecule has 4 heteroatoms. The summed E-state index contributed by atoms with van der Waals surface area (Å²) in [6, 6.07) is 3.68. The van der Waals surface area contributed by atoms with E-state index in [2.05, 4.69) is 9.88 Å². The SMILES string of the molecule is CN(CC1CCCC1)c1ncccc1C(=N)N. The highest BCUT2D eigenvalue weighted by molar-refractivity contribution is 5.99. The molecule has 1 aliphatic rings. The van der Waals surface area contributed by atoms with Crippen LogP contribution in [-0.4, -0.2) is 24.4 Å². The Morgan fingerprint density at radius 1 is 1.53 bits per heavy atom. The van der Waals surface area contributed by atoms with Gasteiger partial charge in [-0.1, -0.05) is 12.8 Å². The Morgan fingerprint density at radius 3 is 2.88 bits per heavy atom. The Labute approximate surface area is 102 Å². The fourth-order valence-corrected chi connectivity index (χ4v) is 2.58. The third-order valence-electron chi connectivity index (χ3n) is 3.45. The fourth-order valence-electron chi connectivity index (χ4n) is 2.58. The molecule has 1 aliphatic carbocycles. The van der Waals surface area contributed by atoms with Crippen molar-refractivity contribution in [3.05, 3.63) is 23.9 Å².